The van der Waals surface area contributed by atoms with Crippen molar-refractivity contribution in [2.75, 3.05) is 13.1 Å². The third kappa shape index (κ3) is 4.11. The number of carbonyl (C=O) groups is 3. The third-order valence-corrected chi connectivity index (χ3v) is 3.70. The summed E-state index contributed by atoms with van der Waals surface area (Å²) in [7, 11) is 0. The first-order valence-corrected chi connectivity index (χ1v) is 6.94. The number of hydrogen-bond acceptors (Lipinski definition) is 3. The van der Waals surface area contributed by atoms with Crippen LogP contribution in [0.3, 0.4) is 0 Å². The summed E-state index contributed by atoms with van der Waals surface area (Å²) in [5.74, 6) is -1.76. The fraction of sp³-hybridized carbons (Fsp3) is 0.769. The maximum atomic E-state index is 12.4. The van der Waals surface area contributed by atoms with Crippen LogP contribution in [-0.2, 0) is 9.59 Å². The maximum Gasteiger partial charge on any atom is 0.312 e. The van der Waals surface area contributed by atoms with Crippen LogP contribution >= 0.6 is 0 Å². The first-order chi connectivity index (χ1) is 9.36. The first-order valence-electron chi connectivity index (χ1n) is 6.94. The number of primary amides is 1. The zero-order valence-electron chi connectivity index (χ0n) is 12.0. The van der Waals surface area contributed by atoms with Gasteiger partial charge in [0.25, 0.3) is 0 Å². The molecule has 7 nitrogen and oxygen atoms in total. The number of hydrogen-bond donors (Lipinski definition) is 3. The molecule has 0 spiro atoms. The van der Waals surface area contributed by atoms with Gasteiger partial charge in [-0.1, -0.05) is 26.7 Å². The molecule has 1 rings (SSSR count). The Kier molecular flexibility index (Phi) is 5.79. The minimum Gasteiger partial charge on any atom is -0.481 e. The predicted octanol–water partition coefficient (Wildman–Crippen LogP) is 0.393. The Morgan fingerprint density at radius 3 is 2.50 bits per heavy atom. The van der Waals surface area contributed by atoms with Gasteiger partial charge in [-0.3, -0.25) is 9.59 Å². The highest BCUT2D eigenvalue weighted by Gasteiger charge is 2.38. The molecule has 0 aliphatic carbocycles. The van der Waals surface area contributed by atoms with Gasteiger partial charge in [-0.25, -0.2) is 4.79 Å². The predicted molar refractivity (Wildman–Crippen MR) is 72.9 cm³/mol. The fourth-order valence-electron chi connectivity index (χ4n) is 2.53. The van der Waals surface area contributed by atoms with E-state index in [1.165, 1.54) is 4.90 Å². The number of urea groups is 1. The van der Waals surface area contributed by atoms with Crippen molar-refractivity contribution in [1.29, 1.82) is 0 Å². The lowest BCUT2D eigenvalue weighted by molar-refractivity contribution is -0.142. The molecule has 0 saturated carbocycles. The van der Waals surface area contributed by atoms with Crippen LogP contribution in [0.2, 0.25) is 0 Å². The molecule has 20 heavy (non-hydrogen) atoms. The van der Waals surface area contributed by atoms with Crippen molar-refractivity contribution < 1.29 is 19.5 Å². The van der Waals surface area contributed by atoms with E-state index < -0.39 is 24.0 Å². The van der Waals surface area contributed by atoms with Crippen molar-refractivity contribution in [3.63, 3.8) is 0 Å². The van der Waals surface area contributed by atoms with Crippen molar-refractivity contribution in [2.24, 2.45) is 17.6 Å². The van der Waals surface area contributed by atoms with E-state index in [-0.39, 0.29) is 18.4 Å². The number of unbranched alkanes of at least 4 members (excludes halogenated alkanes) is 1. The smallest absolute Gasteiger partial charge is 0.312 e. The average molecular weight is 285 g/mol. The topological polar surface area (TPSA) is 113 Å². The lowest BCUT2D eigenvalue weighted by Gasteiger charge is -2.23. The number of nitrogens with two attached hydrogens (primary N) is 1. The molecule has 1 unspecified atom stereocenters. The lowest BCUT2D eigenvalue weighted by Crippen LogP contribution is -2.49. The zero-order chi connectivity index (χ0) is 15.3. The molecule has 0 aromatic rings. The number of nitrogens with zero attached hydrogens (tertiary/aromatic N) is 1. The van der Waals surface area contributed by atoms with Gasteiger partial charge >= 0.3 is 12.0 Å². The normalized spacial score (nSPS) is 23.4. The molecule has 114 valence electrons. The summed E-state index contributed by atoms with van der Waals surface area (Å²) in [5, 5.41) is 11.5. The highest BCUT2D eigenvalue weighted by Crippen LogP contribution is 2.24. The molecule has 1 saturated heterocycles. The van der Waals surface area contributed by atoms with Crippen molar-refractivity contribution in [3.05, 3.63) is 0 Å². The minimum absolute atomic E-state index is 0.0862. The van der Waals surface area contributed by atoms with Gasteiger partial charge in [-0.15, -0.1) is 0 Å². The van der Waals surface area contributed by atoms with Crippen LogP contribution in [0.25, 0.3) is 0 Å². The van der Waals surface area contributed by atoms with Crippen LogP contribution in [0.4, 0.5) is 4.79 Å². The largest absolute Gasteiger partial charge is 0.481 e. The van der Waals surface area contributed by atoms with E-state index in [0.717, 1.165) is 12.8 Å². The summed E-state index contributed by atoms with van der Waals surface area (Å²) in [6.07, 6.45) is 2.21. The summed E-state index contributed by atoms with van der Waals surface area (Å²) >= 11 is 0. The quantitative estimate of drug-likeness (QED) is 0.655. The van der Waals surface area contributed by atoms with Crippen LogP contribution < -0.4 is 11.1 Å². The van der Waals surface area contributed by atoms with Crippen LogP contribution in [0.15, 0.2) is 0 Å². The molecule has 4 N–H and O–H groups in total. The molecule has 1 aliphatic heterocycles. The van der Waals surface area contributed by atoms with Gasteiger partial charge in [0.15, 0.2) is 0 Å². The molecule has 7 heteroatoms. The van der Waals surface area contributed by atoms with Gasteiger partial charge in [0.1, 0.15) is 6.04 Å². The minimum atomic E-state index is -0.888. The Hall–Kier alpha value is -1.79. The molecule has 0 aromatic heterocycles. The number of aliphatic carboxylic acids is 1. The lowest BCUT2D eigenvalue weighted by atomic mass is 9.99. The van der Waals surface area contributed by atoms with E-state index in [4.69, 9.17) is 10.8 Å². The zero-order valence-corrected chi connectivity index (χ0v) is 12.0. The van der Waals surface area contributed by atoms with Gasteiger partial charge in [-0.2, -0.15) is 0 Å². The van der Waals surface area contributed by atoms with E-state index in [2.05, 4.69) is 5.32 Å². The third-order valence-electron chi connectivity index (χ3n) is 3.70. The second-order valence-electron chi connectivity index (χ2n) is 5.37. The number of carboxylic acids is 1. The molecule has 1 fully saturated rings. The number of carbonyl (C=O) groups excluding carboxylic acids is 2. The monoisotopic (exact) mass is 285 g/mol. The summed E-state index contributed by atoms with van der Waals surface area (Å²) in [6.45, 7) is 4.40. The summed E-state index contributed by atoms with van der Waals surface area (Å²) in [5.41, 5.74) is 5.09. The number of nitrogens with one attached hydrogen (secondary N) is 1. The van der Waals surface area contributed by atoms with Crippen molar-refractivity contribution in [1.82, 2.24) is 10.2 Å². The molecule has 3 amide bonds. The summed E-state index contributed by atoms with van der Waals surface area (Å²) in [6, 6.07) is -1.39. The average Bonchev–Trinajstić information content (AvgIpc) is 2.75. The Labute approximate surface area is 118 Å². The molecule has 0 aromatic carbocycles. The van der Waals surface area contributed by atoms with Gasteiger partial charge < -0.3 is 21.1 Å². The fourth-order valence-corrected chi connectivity index (χ4v) is 2.53. The second-order valence-corrected chi connectivity index (χ2v) is 5.37. The molecule has 1 heterocycles. The molecular weight excluding hydrogens is 262 g/mol. The highest BCUT2D eigenvalue weighted by atomic mass is 16.4. The number of rotatable bonds is 6. The van der Waals surface area contributed by atoms with Crippen LogP contribution in [0.1, 0.15) is 33.1 Å². The van der Waals surface area contributed by atoms with E-state index in [1.54, 1.807) is 0 Å². The maximum absolute atomic E-state index is 12.4. The molecular formula is C13H23N3O4. The van der Waals surface area contributed by atoms with E-state index in [0.29, 0.717) is 13.0 Å². The van der Waals surface area contributed by atoms with Gasteiger partial charge in [0.05, 0.1) is 5.92 Å². The molecule has 0 bridgehead atoms. The van der Waals surface area contributed by atoms with E-state index >= 15 is 0 Å². The Morgan fingerprint density at radius 1 is 1.40 bits per heavy atom. The van der Waals surface area contributed by atoms with E-state index in [1.807, 2.05) is 13.8 Å². The van der Waals surface area contributed by atoms with Crippen molar-refractivity contribution >= 4 is 17.9 Å². The summed E-state index contributed by atoms with van der Waals surface area (Å²) < 4.78 is 0. The standard InChI is InChI=1S/C13H23N3O4/c1-3-4-5-10(15-13(14)20)11(17)16-6-8(2)9(7-16)12(18)19/h8-10H,3-7H2,1-2H3,(H,18,19)(H3,14,15,20)/t8-,9-,10?/m1/s1. The Balaban J connectivity index is 2.69. The number of carboxylic acid groups (broad SMARTS) is 1. The van der Waals surface area contributed by atoms with Crippen molar-refractivity contribution in [3.8, 4) is 0 Å². The molecule has 0 radical (unpaired) electrons. The highest BCUT2D eigenvalue weighted by molar-refractivity contribution is 5.87. The number of amides is 3. The second kappa shape index (κ2) is 7.12. The van der Waals surface area contributed by atoms with E-state index in [9.17, 15) is 14.4 Å². The number of likely N-dealkylation sites (tertiary alicyclic amines) is 1. The van der Waals surface area contributed by atoms with Crippen LogP contribution in [-0.4, -0.2) is 47.0 Å². The molecule has 1 aliphatic rings. The van der Waals surface area contributed by atoms with Gasteiger partial charge in [-0.05, 0) is 12.3 Å². The van der Waals surface area contributed by atoms with Crippen LogP contribution in [0.5, 0.6) is 0 Å². The van der Waals surface area contributed by atoms with Crippen LogP contribution in [0, 0.1) is 11.8 Å². The molecule has 3 atom stereocenters. The van der Waals surface area contributed by atoms with Gasteiger partial charge in [0.2, 0.25) is 5.91 Å². The Morgan fingerprint density at radius 2 is 2.05 bits per heavy atom. The first kappa shape index (κ1) is 16.3. The van der Waals surface area contributed by atoms with Crippen molar-refractivity contribution in [2.45, 2.75) is 39.2 Å². The van der Waals surface area contributed by atoms with Gasteiger partial charge in [0, 0.05) is 13.1 Å². The Bertz CT molecular complexity index is 386. The SMILES string of the molecule is CCCCC(NC(N)=O)C(=O)N1C[C@@H](C)[C@H](C(=O)O)C1. The summed E-state index contributed by atoms with van der Waals surface area (Å²) in [4.78, 5) is 35.9.